The number of benzene rings is 2. The van der Waals surface area contributed by atoms with Gasteiger partial charge in [-0.05, 0) is 43.0 Å². The first-order chi connectivity index (χ1) is 10.4. The van der Waals surface area contributed by atoms with Crippen LogP contribution < -0.4 is 10.6 Å². The summed E-state index contributed by atoms with van der Waals surface area (Å²) < 4.78 is 0. The zero-order valence-corrected chi connectivity index (χ0v) is 12.5. The molecule has 2 heteroatoms. The highest BCUT2D eigenvalue weighted by atomic mass is 15.2. The fourth-order valence-corrected chi connectivity index (χ4v) is 3.36. The van der Waals surface area contributed by atoms with E-state index in [1.165, 1.54) is 23.2 Å². The SMILES string of the molecule is NCCC1CN(CCCc2ccccc2)c2ccccc21. The highest BCUT2D eigenvalue weighted by Crippen LogP contribution is 2.37. The van der Waals surface area contributed by atoms with Crippen LogP contribution >= 0.6 is 0 Å². The summed E-state index contributed by atoms with van der Waals surface area (Å²) in [6.07, 6.45) is 3.45. The van der Waals surface area contributed by atoms with Gasteiger partial charge in [-0.3, -0.25) is 0 Å². The van der Waals surface area contributed by atoms with Crippen molar-refractivity contribution in [3.05, 3.63) is 65.7 Å². The van der Waals surface area contributed by atoms with E-state index in [1.807, 2.05) is 0 Å². The van der Waals surface area contributed by atoms with Gasteiger partial charge in [-0.15, -0.1) is 0 Å². The molecule has 1 aliphatic heterocycles. The third-order valence-corrected chi connectivity index (χ3v) is 4.41. The molecule has 0 radical (unpaired) electrons. The average Bonchev–Trinajstić information content (AvgIpc) is 2.87. The lowest BCUT2D eigenvalue weighted by atomic mass is 9.98. The molecule has 3 rings (SSSR count). The van der Waals surface area contributed by atoms with Gasteiger partial charge in [0, 0.05) is 24.7 Å². The van der Waals surface area contributed by atoms with Gasteiger partial charge in [0.25, 0.3) is 0 Å². The molecule has 1 heterocycles. The molecule has 0 saturated heterocycles. The van der Waals surface area contributed by atoms with Crippen molar-refractivity contribution in [2.45, 2.75) is 25.2 Å². The monoisotopic (exact) mass is 280 g/mol. The van der Waals surface area contributed by atoms with Crippen molar-refractivity contribution in [2.24, 2.45) is 5.73 Å². The van der Waals surface area contributed by atoms with Crippen LogP contribution in [0.5, 0.6) is 0 Å². The normalized spacial score (nSPS) is 17.0. The molecule has 2 aromatic rings. The van der Waals surface area contributed by atoms with Crippen LogP contribution in [0, 0.1) is 0 Å². The van der Waals surface area contributed by atoms with Gasteiger partial charge in [-0.1, -0.05) is 48.5 Å². The average molecular weight is 280 g/mol. The zero-order valence-electron chi connectivity index (χ0n) is 12.5. The van der Waals surface area contributed by atoms with E-state index in [-0.39, 0.29) is 0 Å². The maximum absolute atomic E-state index is 5.77. The summed E-state index contributed by atoms with van der Waals surface area (Å²) in [7, 11) is 0. The molecule has 0 aromatic heterocycles. The van der Waals surface area contributed by atoms with E-state index in [9.17, 15) is 0 Å². The van der Waals surface area contributed by atoms with E-state index >= 15 is 0 Å². The maximum Gasteiger partial charge on any atom is 0.0402 e. The first-order valence-electron chi connectivity index (χ1n) is 7.96. The molecule has 1 atom stereocenters. The first-order valence-corrected chi connectivity index (χ1v) is 7.96. The Morgan fingerprint density at radius 1 is 1.00 bits per heavy atom. The maximum atomic E-state index is 5.77. The van der Waals surface area contributed by atoms with E-state index in [4.69, 9.17) is 5.73 Å². The van der Waals surface area contributed by atoms with Gasteiger partial charge in [0.15, 0.2) is 0 Å². The van der Waals surface area contributed by atoms with Gasteiger partial charge in [0.05, 0.1) is 0 Å². The lowest BCUT2D eigenvalue weighted by molar-refractivity contribution is 0.635. The van der Waals surface area contributed by atoms with E-state index in [0.29, 0.717) is 5.92 Å². The Kier molecular flexibility index (Phi) is 4.56. The minimum atomic E-state index is 0.614. The van der Waals surface area contributed by atoms with Crippen LogP contribution in [0.15, 0.2) is 54.6 Å². The topological polar surface area (TPSA) is 29.3 Å². The number of para-hydroxylation sites is 1. The molecule has 2 nitrogen and oxygen atoms in total. The van der Waals surface area contributed by atoms with Crippen LogP contribution in [0.1, 0.15) is 29.9 Å². The van der Waals surface area contributed by atoms with Gasteiger partial charge in [0.2, 0.25) is 0 Å². The van der Waals surface area contributed by atoms with E-state index < -0.39 is 0 Å². The smallest absolute Gasteiger partial charge is 0.0402 e. The molecule has 1 unspecified atom stereocenters. The van der Waals surface area contributed by atoms with Gasteiger partial charge in [-0.2, -0.15) is 0 Å². The minimum absolute atomic E-state index is 0.614. The Bertz CT molecular complexity index is 565. The summed E-state index contributed by atoms with van der Waals surface area (Å²) in [4.78, 5) is 2.54. The molecular formula is C19H24N2. The predicted molar refractivity (Wildman–Crippen MR) is 89.8 cm³/mol. The van der Waals surface area contributed by atoms with E-state index in [0.717, 1.165) is 32.5 Å². The van der Waals surface area contributed by atoms with Gasteiger partial charge in [-0.25, -0.2) is 0 Å². The van der Waals surface area contributed by atoms with Crippen molar-refractivity contribution in [3.8, 4) is 0 Å². The Balaban J connectivity index is 1.61. The Hall–Kier alpha value is -1.80. The van der Waals surface area contributed by atoms with Crippen LogP contribution in [0.25, 0.3) is 0 Å². The van der Waals surface area contributed by atoms with Crippen molar-refractivity contribution in [1.82, 2.24) is 0 Å². The van der Waals surface area contributed by atoms with Crippen molar-refractivity contribution >= 4 is 5.69 Å². The molecule has 2 N–H and O–H groups in total. The Labute approximate surface area is 127 Å². The van der Waals surface area contributed by atoms with Crippen LogP contribution in [0.3, 0.4) is 0 Å². The molecule has 110 valence electrons. The summed E-state index contributed by atoms with van der Waals surface area (Å²) in [6, 6.07) is 19.6. The highest BCUT2D eigenvalue weighted by Gasteiger charge is 2.26. The summed E-state index contributed by atoms with van der Waals surface area (Å²) in [5.41, 5.74) is 10.1. The predicted octanol–water partition coefficient (Wildman–Crippen LogP) is 3.57. The molecule has 0 fully saturated rings. The third kappa shape index (κ3) is 3.27. The van der Waals surface area contributed by atoms with Gasteiger partial charge in [0.1, 0.15) is 0 Å². The second kappa shape index (κ2) is 6.77. The molecule has 21 heavy (non-hydrogen) atoms. The van der Waals surface area contributed by atoms with Crippen LogP contribution in [0.4, 0.5) is 5.69 Å². The fraction of sp³-hybridized carbons (Fsp3) is 0.368. The quantitative estimate of drug-likeness (QED) is 0.876. The molecular weight excluding hydrogens is 256 g/mol. The van der Waals surface area contributed by atoms with Crippen LogP contribution in [0.2, 0.25) is 0 Å². The fourth-order valence-electron chi connectivity index (χ4n) is 3.36. The summed E-state index contributed by atoms with van der Waals surface area (Å²) in [6.45, 7) is 3.04. The molecule has 0 bridgehead atoms. The Morgan fingerprint density at radius 3 is 2.57 bits per heavy atom. The number of fused-ring (bicyclic) bond motifs is 1. The first kappa shape index (κ1) is 14.2. The van der Waals surface area contributed by atoms with Crippen LogP contribution in [-0.4, -0.2) is 19.6 Å². The lowest BCUT2D eigenvalue weighted by Gasteiger charge is -2.20. The minimum Gasteiger partial charge on any atom is -0.371 e. The number of hydrogen-bond acceptors (Lipinski definition) is 2. The number of rotatable bonds is 6. The van der Waals surface area contributed by atoms with Crippen molar-refractivity contribution in [1.29, 1.82) is 0 Å². The molecule has 2 aromatic carbocycles. The highest BCUT2D eigenvalue weighted by molar-refractivity contribution is 5.60. The van der Waals surface area contributed by atoms with Gasteiger partial charge < -0.3 is 10.6 Å². The standard InChI is InChI=1S/C19H24N2/c20-13-12-17-15-21(19-11-5-4-10-18(17)19)14-6-9-16-7-2-1-3-8-16/h1-5,7-8,10-11,17H,6,9,12-15,20H2. The summed E-state index contributed by atoms with van der Waals surface area (Å²) >= 11 is 0. The molecule has 0 spiro atoms. The second-order valence-electron chi connectivity index (χ2n) is 5.87. The van der Waals surface area contributed by atoms with E-state index in [1.54, 1.807) is 0 Å². The zero-order chi connectivity index (χ0) is 14.5. The Morgan fingerprint density at radius 2 is 1.76 bits per heavy atom. The second-order valence-corrected chi connectivity index (χ2v) is 5.87. The molecule has 0 amide bonds. The summed E-state index contributed by atoms with van der Waals surface area (Å²) in [5.74, 6) is 0.614. The number of anilines is 1. The summed E-state index contributed by atoms with van der Waals surface area (Å²) in [5, 5.41) is 0. The number of nitrogens with zero attached hydrogens (tertiary/aromatic N) is 1. The molecule has 0 saturated carbocycles. The number of hydrogen-bond donors (Lipinski definition) is 1. The number of nitrogens with two attached hydrogens (primary N) is 1. The lowest BCUT2D eigenvalue weighted by Crippen LogP contribution is -2.24. The van der Waals surface area contributed by atoms with Crippen molar-refractivity contribution < 1.29 is 0 Å². The van der Waals surface area contributed by atoms with E-state index in [2.05, 4.69) is 59.5 Å². The number of aryl methyl sites for hydroxylation is 1. The third-order valence-electron chi connectivity index (χ3n) is 4.41. The molecule has 1 aliphatic rings. The van der Waals surface area contributed by atoms with Crippen molar-refractivity contribution in [3.63, 3.8) is 0 Å². The van der Waals surface area contributed by atoms with Gasteiger partial charge >= 0.3 is 0 Å². The van der Waals surface area contributed by atoms with Crippen molar-refractivity contribution in [2.75, 3.05) is 24.5 Å². The largest absolute Gasteiger partial charge is 0.371 e. The van der Waals surface area contributed by atoms with Crippen LogP contribution in [-0.2, 0) is 6.42 Å². The molecule has 0 aliphatic carbocycles.